The molecule has 0 aliphatic carbocycles. The molecule has 0 unspecified atom stereocenters. The van der Waals surface area contributed by atoms with E-state index in [1.165, 1.54) is 12.5 Å². The van der Waals surface area contributed by atoms with Crippen LogP contribution >= 0.6 is 22.7 Å². The molecule has 3 aromatic heterocycles. The molecule has 1 saturated heterocycles. The van der Waals surface area contributed by atoms with Gasteiger partial charge in [-0.2, -0.15) is 0 Å². The Morgan fingerprint density at radius 1 is 1.20 bits per heavy atom. The predicted molar refractivity (Wildman–Crippen MR) is 133 cm³/mol. The van der Waals surface area contributed by atoms with E-state index >= 15 is 0 Å². The molecule has 0 spiro atoms. The maximum Gasteiger partial charge on any atom is 0.366 e. The number of carbonyl (C=O) groups is 1. The number of carbonyl (C=O) groups excluding carboxylic acids is 1. The molecule has 1 fully saturated rings. The second kappa shape index (κ2) is 9.59. The first-order chi connectivity index (χ1) is 17.0. The molecule has 4 aromatic rings. The molecule has 9 nitrogen and oxygen atoms in total. The third kappa shape index (κ3) is 4.32. The van der Waals surface area contributed by atoms with Gasteiger partial charge in [0.05, 0.1) is 33.9 Å². The first kappa shape index (κ1) is 23.2. The van der Waals surface area contributed by atoms with Crippen LogP contribution in [-0.4, -0.2) is 46.1 Å². The van der Waals surface area contributed by atoms with Crippen LogP contribution in [-0.2, 0) is 0 Å². The van der Waals surface area contributed by atoms with E-state index in [-0.39, 0.29) is 28.1 Å². The molecule has 0 bridgehead atoms. The fraction of sp³-hybridized carbons (Fsp3) is 0.292. The van der Waals surface area contributed by atoms with Gasteiger partial charge in [0.25, 0.3) is 5.91 Å². The molecule has 0 atom stereocenters. The third-order valence-electron chi connectivity index (χ3n) is 6.15. The molecule has 180 valence electrons. The number of amides is 1. The van der Waals surface area contributed by atoms with Crippen LogP contribution in [0, 0.1) is 17.0 Å². The Balaban J connectivity index is 1.30. The van der Waals surface area contributed by atoms with Crippen molar-refractivity contribution in [3.05, 3.63) is 67.5 Å². The Kier molecular flexibility index (Phi) is 6.35. The number of methoxy groups -OCH3 is 1. The van der Waals surface area contributed by atoms with Gasteiger partial charge in [0.2, 0.25) is 5.75 Å². The summed E-state index contributed by atoms with van der Waals surface area (Å²) in [7, 11) is 1.35. The number of hydrogen-bond donors (Lipinski definition) is 0. The summed E-state index contributed by atoms with van der Waals surface area (Å²) in [6.07, 6.45) is 1.53. The zero-order valence-electron chi connectivity index (χ0n) is 19.1. The lowest BCUT2D eigenvalue weighted by Crippen LogP contribution is -2.37. The number of thiophene rings is 1. The van der Waals surface area contributed by atoms with Crippen LogP contribution in [0.3, 0.4) is 0 Å². The molecule has 5 rings (SSSR count). The van der Waals surface area contributed by atoms with Crippen molar-refractivity contribution in [3.63, 3.8) is 0 Å². The van der Waals surface area contributed by atoms with Crippen molar-refractivity contribution in [2.24, 2.45) is 0 Å². The summed E-state index contributed by atoms with van der Waals surface area (Å²) in [6, 6.07) is 9.89. The molecule has 1 aliphatic rings. The van der Waals surface area contributed by atoms with Gasteiger partial charge in [-0.1, -0.05) is 46.8 Å². The van der Waals surface area contributed by atoms with Crippen molar-refractivity contribution in [2.45, 2.75) is 25.7 Å². The van der Waals surface area contributed by atoms with Crippen LogP contribution in [0.2, 0.25) is 0 Å². The molecule has 0 saturated carbocycles. The van der Waals surface area contributed by atoms with Gasteiger partial charge < -0.3 is 14.2 Å². The van der Waals surface area contributed by atoms with Gasteiger partial charge in [-0.15, -0.1) is 11.3 Å². The lowest BCUT2D eigenvalue weighted by molar-refractivity contribution is -0.381. The zero-order chi connectivity index (χ0) is 24.5. The maximum absolute atomic E-state index is 13.0. The number of hydrogen-bond acceptors (Lipinski definition) is 9. The van der Waals surface area contributed by atoms with Crippen LogP contribution < -0.4 is 4.74 Å². The quantitative estimate of drug-likeness (QED) is 0.239. The summed E-state index contributed by atoms with van der Waals surface area (Å²) in [5.41, 5.74) is 3.74. The van der Waals surface area contributed by atoms with Crippen molar-refractivity contribution in [1.82, 2.24) is 15.0 Å². The number of nitrogens with zero attached hydrogens (tertiary/aromatic N) is 4. The molecule has 11 heteroatoms. The number of aromatic nitrogens is 2. The van der Waals surface area contributed by atoms with Crippen molar-refractivity contribution < 1.29 is 19.0 Å². The van der Waals surface area contributed by atoms with E-state index in [9.17, 15) is 14.9 Å². The SMILES string of the molecule is COc1c(C(=O)N2CCC(c3nc(-c4c(-c5ccccc5)noc4C)cs3)CC2)csc1[N+](=O)[O-]. The van der Waals surface area contributed by atoms with E-state index in [0.717, 1.165) is 57.5 Å². The number of benzene rings is 1. The van der Waals surface area contributed by atoms with Gasteiger partial charge in [-0.25, -0.2) is 4.98 Å². The molecule has 1 aromatic carbocycles. The number of thiazole rings is 1. The second-order valence-electron chi connectivity index (χ2n) is 8.21. The topological polar surface area (TPSA) is 112 Å². The maximum atomic E-state index is 13.0. The fourth-order valence-electron chi connectivity index (χ4n) is 4.36. The highest BCUT2D eigenvalue weighted by Gasteiger charge is 2.32. The fourth-order valence-corrected chi connectivity index (χ4v) is 6.17. The molecule has 0 radical (unpaired) electrons. The molecule has 4 heterocycles. The highest BCUT2D eigenvalue weighted by molar-refractivity contribution is 7.14. The van der Waals surface area contributed by atoms with Gasteiger partial charge in [0.1, 0.15) is 11.5 Å². The number of piperidine rings is 1. The van der Waals surface area contributed by atoms with Crippen LogP contribution in [0.1, 0.15) is 39.9 Å². The lowest BCUT2D eigenvalue weighted by Gasteiger charge is -2.31. The van der Waals surface area contributed by atoms with E-state index in [1.807, 2.05) is 42.6 Å². The average Bonchev–Trinajstić information content (AvgIpc) is 3.62. The van der Waals surface area contributed by atoms with Gasteiger partial charge >= 0.3 is 5.00 Å². The highest BCUT2D eigenvalue weighted by atomic mass is 32.1. The summed E-state index contributed by atoms with van der Waals surface area (Å²) in [4.78, 5) is 30.4. The summed E-state index contributed by atoms with van der Waals surface area (Å²) in [5, 5.41) is 19.9. The third-order valence-corrected chi connectivity index (χ3v) is 8.07. The molecular weight excluding hydrogens is 488 g/mol. The molecule has 0 N–H and O–H groups in total. The Morgan fingerprint density at radius 2 is 1.94 bits per heavy atom. The highest BCUT2D eigenvalue weighted by Crippen LogP contribution is 2.40. The lowest BCUT2D eigenvalue weighted by atomic mass is 9.97. The van der Waals surface area contributed by atoms with E-state index < -0.39 is 4.92 Å². The first-order valence-corrected chi connectivity index (χ1v) is 12.8. The van der Waals surface area contributed by atoms with Crippen LogP contribution in [0.25, 0.3) is 22.5 Å². The Morgan fingerprint density at radius 3 is 2.63 bits per heavy atom. The summed E-state index contributed by atoms with van der Waals surface area (Å²) < 4.78 is 10.7. The predicted octanol–water partition coefficient (Wildman–Crippen LogP) is 5.77. The second-order valence-corrected chi connectivity index (χ2v) is 9.96. The van der Waals surface area contributed by atoms with E-state index in [0.29, 0.717) is 13.1 Å². The summed E-state index contributed by atoms with van der Waals surface area (Å²) in [5.74, 6) is 0.754. The Labute approximate surface area is 209 Å². The Hall–Kier alpha value is -3.57. The number of likely N-dealkylation sites (tertiary alicyclic amines) is 1. The number of aryl methyl sites for hydroxylation is 1. The zero-order valence-corrected chi connectivity index (χ0v) is 20.7. The Bertz CT molecular complexity index is 1370. The van der Waals surface area contributed by atoms with Crippen molar-refractivity contribution in [3.8, 4) is 28.3 Å². The molecule has 1 amide bonds. The van der Waals surface area contributed by atoms with Crippen molar-refractivity contribution in [1.29, 1.82) is 0 Å². The average molecular weight is 511 g/mol. The van der Waals surface area contributed by atoms with Crippen molar-refractivity contribution in [2.75, 3.05) is 20.2 Å². The van der Waals surface area contributed by atoms with Gasteiger partial charge in [0, 0.05) is 35.3 Å². The van der Waals surface area contributed by atoms with E-state index in [2.05, 4.69) is 5.16 Å². The minimum atomic E-state index is -0.521. The van der Waals surface area contributed by atoms with Crippen LogP contribution in [0.5, 0.6) is 5.75 Å². The van der Waals surface area contributed by atoms with Gasteiger partial charge in [-0.3, -0.25) is 14.9 Å². The number of ether oxygens (including phenoxy) is 1. The summed E-state index contributed by atoms with van der Waals surface area (Å²) >= 11 is 2.52. The minimum Gasteiger partial charge on any atom is -0.489 e. The van der Waals surface area contributed by atoms with Crippen LogP contribution in [0.4, 0.5) is 5.00 Å². The minimum absolute atomic E-state index is 0.0370. The smallest absolute Gasteiger partial charge is 0.366 e. The van der Waals surface area contributed by atoms with Crippen molar-refractivity contribution >= 4 is 33.6 Å². The molecule has 1 aliphatic heterocycles. The largest absolute Gasteiger partial charge is 0.489 e. The molecule has 35 heavy (non-hydrogen) atoms. The molecular formula is C24H22N4O5S2. The van der Waals surface area contributed by atoms with Crippen LogP contribution in [0.15, 0.2) is 45.6 Å². The standard InChI is InChI=1S/C24H22N4O5S2/c1-14-19(20(26-33-14)15-6-4-3-5-7-15)18-13-34-22(25-18)16-8-10-27(11-9-16)23(29)17-12-35-24(28(30)31)21(17)32-2/h3-7,12-13,16H,8-11H2,1-2H3. The first-order valence-electron chi connectivity index (χ1n) is 11.0. The van der Waals surface area contributed by atoms with E-state index in [4.69, 9.17) is 14.2 Å². The normalized spacial score (nSPS) is 14.3. The number of rotatable bonds is 6. The summed E-state index contributed by atoms with van der Waals surface area (Å²) in [6.45, 7) is 2.99. The van der Waals surface area contributed by atoms with Gasteiger partial charge in [0.15, 0.2) is 0 Å². The monoisotopic (exact) mass is 510 g/mol. The number of nitro groups is 1. The van der Waals surface area contributed by atoms with Gasteiger partial charge in [-0.05, 0) is 19.8 Å². The van der Waals surface area contributed by atoms with E-state index in [1.54, 1.807) is 16.2 Å².